The maximum Gasteiger partial charge on any atom is 0.416 e. The molecule has 3 N–H and O–H groups in total. The van der Waals surface area contributed by atoms with Crippen LogP contribution in [0.2, 0.25) is 0 Å². The minimum absolute atomic E-state index is 0.0416. The van der Waals surface area contributed by atoms with Gasteiger partial charge in [0.2, 0.25) is 0 Å². The van der Waals surface area contributed by atoms with Crippen LogP contribution in [0.3, 0.4) is 0 Å². The molecule has 1 saturated carbocycles. The molecule has 0 unspecified atom stereocenters. The molecule has 0 saturated heterocycles. The molecule has 4 nitrogen and oxygen atoms in total. The van der Waals surface area contributed by atoms with Crippen molar-refractivity contribution < 1.29 is 18.3 Å². The number of nitrogens with zero attached hydrogens (tertiary/aromatic N) is 1. The largest absolute Gasteiger partial charge is 0.416 e. The second kappa shape index (κ2) is 6.09. The van der Waals surface area contributed by atoms with Crippen LogP contribution < -0.4 is 10.6 Å². The molecule has 0 aliphatic heterocycles. The standard InChI is InChI=1S/C14H20F3N3O/c1-2-5-18-11-6-10(14(15,16)17)7-12(20-11)19-8-13(9-21)3-4-13/h6-7,21H,2-5,8-9H2,1H3,(H2,18,19,20). The van der Waals surface area contributed by atoms with E-state index in [1.165, 1.54) is 0 Å². The number of hydrogen-bond donors (Lipinski definition) is 3. The molecule has 0 radical (unpaired) electrons. The quantitative estimate of drug-likeness (QED) is 0.724. The predicted molar refractivity (Wildman–Crippen MR) is 75.3 cm³/mol. The number of aliphatic hydroxyl groups is 1. The molecule has 0 amide bonds. The van der Waals surface area contributed by atoms with Gasteiger partial charge < -0.3 is 15.7 Å². The Morgan fingerprint density at radius 3 is 2.33 bits per heavy atom. The molecule has 118 valence electrons. The van der Waals surface area contributed by atoms with E-state index in [0.717, 1.165) is 31.4 Å². The van der Waals surface area contributed by atoms with E-state index >= 15 is 0 Å². The summed E-state index contributed by atoms with van der Waals surface area (Å²) in [6.07, 6.45) is -1.84. The predicted octanol–water partition coefficient (Wildman–Crippen LogP) is 3.11. The van der Waals surface area contributed by atoms with Crippen LogP contribution in [0.25, 0.3) is 0 Å². The lowest BCUT2D eigenvalue weighted by Gasteiger charge is -2.16. The Bertz CT molecular complexity index is 487. The highest BCUT2D eigenvalue weighted by Gasteiger charge is 2.42. The van der Waals surface area contributed by atoms with Crippen molar-refractivity contribution in [2.24, 2.45) is 5.41 Å². The summed E-state index contributed by atoms with van der Waals surface area (Å²) in [6.45, 7) is 2.97. The Morgan fingerprint density at radius 2 is 1.86 bits per heavy atom. The molecule has 2 rings (SSSR count). The van der Waals surface area contributed by atoms with Gasteiger partial charge in [0.15, 0.2) is 0 Å². The molecule has 0 spiro atoms. The van der Waals surface area contributed by atoms with Crippen molar-refractivity contribution in [3.8, 4) is 0 Å². The van der Waals surface area contributed by atoms with Gasteiger partial charge in [-0.15, -0.1) is 0 Å². The number of hydrogen-bond acceptors (Lipinski definition) is 4. The SMILES string of the molecule is CCCNc1cc(C(F)(F)F)cc(NCC2(CO)CC2)n1. The maximum absolute atomic E-state index is 12.9. The van der Waals surface area contributed by atoms with E-state index in [1.807, 2.05) is 6.92 Å². The van der Waals surface area contributed by atoms with Gasteiger partial charge in [0, 0.05) is 18.5 Å². The first-order chi connectivity index (χ1) is 9.88. The van der Waals surface area contributed by atoms with E-state index < -0.39 is 11.7 Å². The van der Waals surface area contributed by atoms with Gasteiger partial charge >= 0.3 is 6.18 Å². The van der Waals surface area contributed by atoms with Gasteiger partial charge in [-0.25, -0.2) is 4.98 Å². The van der Waals surface area contributed by atoms with Crippen LogP contribution in [0.4, 0.5) is 24.8 Å². The molecular weight excluding hydrogens is 283 g/mol. The number of pyridine rings is 1. The zero-order valence-electron chi connectivity index (χ0n) is 11.9. The highest BCUT2D eigenvalue weighted by atomic mass is 19.4. The van der Waals surface area contributed by atoms with Gasteiger partial charge in [-0.2, -0.15) is 13.2 Å². The highest BCUT2D eigenvalue weighted by molar-refractivity contribution is 5.50. The number of alkyl halides is 3. The molecule has 1 aliphatic carbocycles. The number of anilines is 2. The van der Waals surface area contributed by atoms with Gasteiger partial charge in [-0.1, -0.05) is 6.92 Å². The average Bonchev–Trinajstić information content (AvgIpc) is 3.22. The average molecular weight is 303 g/mol. The van der Waals surface area contributed by atoms with Crippen molar-refractivity contribution in [3.05, 3.63) is 17.7 Å². The van der Waals surface area contributed by atoms with Gasteiger partial charge in [0.25, 0.3) is 0 Å². The second-order valence-electron chi connectivity index (χ2n) is 5.56. The smallest absolute Gasteiger partial charge is 0.396 e. The summed E-state index contributed by atoms with van der Waals surface area (Å²) in [5.41, 5.74) is -0.917. The highest BCUT2D eigenvalue weighted by Crippen LogP contribution is 2.45. The molecule has 0 bridgehead atoms. The first-order valence-corrected chi connectivity index (χ1v) is 7.06. The van der Waals surface area contributed by atoms with E-state index in [2.05, 4.69) is 15.6 Å². The lowest BCUT2D eigenvalue weighted by Crippen LogP contribution is -2.20. The van der Waals surface area contributed by atoms with Crippen LogP contribution in [0.5, 0.6) is 0 Å². The van der Waals surface area contributed by atoms with Crippen LogP contribution in [0, 0.1) is 5.41 Å². The van der Waals surface area contributed by atoms with Gasteiger partial charge in [-0.3, -0.25) is 0 Å². The minimum atomic E-state index is -4.41. The van der Waals surface area contributed by atoms with Crippen molar-refractivity contribution in [1.29, 1.82) is 0 Å². The zero-order chi connectivity index (χ0) is 15.5. The van der Waals surface area contributed by atoms with Crippen molar-refractivity contribution >= 4 is 11.6 Å². The van der Waals surface area contributed by atoms with E-state index in [9.17, 15) is 18.3 Å². The normalized spacial score (nSPS) is 16.6. The third-order valence-corrected chi connectivity index (χ3v) is 3.65. The molecule has 1 aliphatic rings. The maximum atomic E-state index is 12.9. The van der Waals surface area contributed by atoms with Crippen LogP contribution in [0.15, 0.2) is 12.1 Å². The molecular formula is C14H20F3N3O. The van der Waals surface area contributed by atoms with Crippen molar-refractivity contribution in [3.63, 3.8) is 0 Å². The Labute approximate surface area is 121 Å². The summed E-state index contributed by atoms with van der Waals surface area (Å²) in [4.78, 5) is 4.15. The molecule has 7 heteroatoms. The zero-order valence-corrected chi connectivity index (χ0v) is 11.9. The van der Waals surface area contributed by atoms with Gasteiger partial charge in [0.05, 0.1) is 12.2 Å². The number of nitrogens with one attached hydrogen (secondary N) is 2. The first kappa shape index (κ1) is 15.9. The van der Waals surface area contributed by atoms with Gasteiger partial charge in [-0.05, 0) is 31.4 Å². The first-order valence-electron chi connectivity index (χ1n) is 7.06. The Balaban J connectivity index is 2.14. The number of aliphatic hydroxyl groups excluding tert-OH is 1. The molecule has 1 aromatic heterocycles. The third kappa shape index (κ3) is 4.23. The monoisotopic (exact) mass is 303 g/mol. The molecule has 21 heavy (non-hydrogen) atoms. The fourth-order valence-electron chi connectivity index (χ4n) is 1.97. The van der Waals surface area contributed by atoms with Crippen LogP contribution >= 0.6 is 0 Å². The number of halogens is 3. The van der Waals surface area contributed by atoms with E-state index in [0.29, 0.717) is 13.1 Å². The Hall–Kier alpha value is -1.50. The Kier molecular flexibility index (Phi) is 4.61. The molecule has 1 fully saturated rings. The molecule has 1 aromatic rings. The topological polar surface area (TPSA) is 57.2 Å². The van der Waals surface area contributed by atoms with Crippen molar-refractivity contribution in [2.75, 3.05) is 30.3 Å². The number of rotatable bonds is 7. The Morgan fingerprint density at radius 1 is 1.24 bits per heavy atom. The lowest BCUT2D eigenvalue weighted by molar-refractivity contribution is -0.137. The van der Waals surface area contributed by atoms with E-state index in [1.54, 1.807) is 0 Å². The second-order valence-corrected chi connectivity index (χ2v) is 5.56. The summed E-state index contributed by atoms with van der Waals surface area (Å²) in [7, 11) is 0. The van der Waals surface area contributed by atoms with Crippen LogP contribution in [0.1, 0.15) is 31.7 Å². The van der Waals surface area contributed by atoms with Crippen molar-refractivity contribution in [1.82, 2.24) is 4.98 Å². The molecule has 1 heterocycles. The molecule has 0 atom stereocenters. The summed E-state index contributed by atoms with van der Waals surface area (Å²) in [6, 6.07) is 2.02. The van der Waals surface area contributed by atoms with Crippen molar-refractivity contribution in [2.45, 2.75) is 32.4 Å². The summed E-state index contributed by atoms with van der Waals surface area (Å²) in [5.74, 6) is 0.395. The van der Waals surface area contributed by atoms with Gasteiger partial charge in [0.1, 0.15) is 11.6 Å². The van der Waals surface area contributed by atoms with Crippen LogP contribution in [-0.2, 0) is 6.18 Å². The fourth-order valence-corrected chi connectivity index (χ4v) is 1.97. The summed E-state index contributed by atoms with van der Waals surface area (Å²) in [5, 5.41) is 15.0. The summed E-state index contributed by atoms with van der Waals surface area (Å²) < 4.78 is 38.7. The van der Waals surface area contributed by atoms with Crippen LogP contribution in [-0.4, -0.2) is 29.8 Å². The van der Waals surface area contributed by atoms with E-state index in [4.69, 9.17) is 0 Å². The van der Waals surface area contributed by atoms with E-state index in [-0.39, 0.29) is 23.7 Å². The fraction of sp³-hybridized carbons (Fsp3) is 0.643. The summed E-state index contributed by atoms with van der Waals surface area (Å²) >= 11 is 0. The molecule has 0 aromatic carbocycles. The third-order valence-electron chi connectivity index (χ3n) is 3.65. The number of aromatic nitrogens is 1. The lowest BCUT2D eigenvalue weighted by atomic mass is 10.1. The minimum Gasteiger partial charge on any atom is -0.396 e.